The smallest absolute Gasteiger partial charge is 0.260 e. The highest BCUT2D eigenvalue weighted by Gasteiger charge is 2.30. The Balaban J connectivity index is 1.49. The fourth-order valence-electron chi connectivity index (χ4n) is 3.66. The lowest BCUT2D eigenvalue weighted by atomic mass is 10.0. The van der Waals surface area contributed by atoms with Crippen molar-refractivity contribution in [1.29, 1.82) is 0 Å². The van der Waals surface area contributed by atoms with E-state index in [0.717, 1.165) is 11.1 Å². The van der Waals surface area contributed by atoms with Gasteiger partial charge in [0.05, 0.1) is 4.90 Å². The summed E-state index contributed by atoms with van der Waals surface area (Å²) in [5, 5.41) is 0. The number of sulfonamides is 1. The van der Waals surface area contributed by atoms with E-state index in [1.54, 1.807) is 36.1 Å². The van der Waals surface area contributed by atoms with Crippen molar-refractivity contribution >= 4 is 21.7 Å². The minimum absolute atomic E-state index is 0.101. The summed E-state index contributed by atoms with van der Waals surface area (Å²) < 4.78 is 32.9. The van der Waals surface area contributed by atoms with Gasteiger partial charge in [-0.15, -0.1) is 0 Å². The molecule has 1 amide bonds. The molecule has 0 spiro atoms. The molecule has 2 aromatic carbocycles. The molecule has 0 saturated carbocycles. The lowest BCUT2D eigenvalue weighted by Crippen LogP contribution is -2.51. The number of piperazine rings is 1. The summed E-state index contributed by atoms with van der Waals surface area (Å²) in [7, 11) is -3.58. The second-order valence-corrected chi connectivity index (χ2v) is 10.6. The van der Waals surface area contributed by atoms with Gasteiger partial charge in [0.2, 0.25) is 10.0 Å². The van der Waals surface area contributed by atoms with E-state index < -0.39 is 10.0 Å². The van der Waals surface area contributed by atoms with Gasteiger partial charge in [0, 0.05) is 32.6 Å². The van der Waals surface area contributed by atoms with E-state index >= 15 is 0 Å². The molecule has 33 heavy (non-hydrogen) atoms. The Morgan fingerprint density at radius 3 is 2.09 bits per heavy atom. The predicted molar refractivity (Wildman–Crippen MR) is 127 cm³/mol. The van der Waals surface area contributed by atoms with Crippen LogP contribution < -0.4 is 4.74 Å². The second-order valence-electron chi connectivity index (χ2n) is 8.64. The zero-order chi connectivity index (χ0) is 24.0. The number of hydrogen-bond acceptors (Lipinski definition) is 5. The summed E-state index contributed by atoms with van der Waals surface area (Å²) in [6.45, 7) is 6.77. The molecule has 1 fully saturated rings. The number of ketones is 1. The lowest BCUT2D eigenvalue weighted by molar-refractivity contribution is -0.134. The van der Waals surface area contributed by atoms with Crippen LogP contribution in [0.25, 0.3) is 0 Å². The zero-order valence-corrected chi connectivity index (χ0v) is 20.3. The number of carbonyl (C=O) groups excluding carboxylic acids is 2. The third-order valence-electron chi connectivity index (χ3n) is 5.83. The van der Waals surface area contributed by atoms with Crippen molar-refractivity contribution < 1.29 is 22.7 Å². The summed E-state index contributed by atoms with van der Waals surface area (Å²) in [6, 6.07) is 14.4. The minimum Gasteiger partial charge on any atom is -0.484 e. The Kier molecular flexibility index (Phi) is 8.26. The molecular weight excluding hydrogens is 440 g/mol. The van der Waals surface area contributed by atoms with Crippen LogP contribution in [0.15, 0.2) is 53.4 Å². The van der Waals surface area contributed by atoms with E-state index in [1.807, 2.05) is 24.3 Å². The van der Waals surface area contributed by atoms with Gasteiger partial charge in [-0.3, -0.25) is 4.79 Å². The van der Waals surface area contributed by atoms with E-state index in [-0.39, 0.29) is 36.3 Å². The van der Waals surface area contributed by atoms with Crippen LogP contribution in [0.4, 0.5) is 0 Å². The average Bonchev–Trinajstić information content (AvgIpc) is 2.82. The number of ether oxygens (including phenoxy) is 1. The molecule has 178 valence electrons. The third-order valence-corrected chi connectivity index (χ3v) is 7.74. The van der Waals surface area contributed by atoms with Crippen molar-refractivity contribution in [2.45, 2.75) is 44.4 Å². The van der Waals surface area contributed by atoms with E-state index in [2.05, 4.69) is 13.8 Å². The molecule has 0 atom stereocenters. The molecule has 0 N–H and O–H groups in total. The maximum Gasteiger partial charge on any atom is 0.260 e. The monoisotopic (exact) mass is 472 g/mol. The fraction of sp³-hybridized carbons (Fsp3) is 0.440. The summed E-state index contributed by atoms with van der Waals surface area (Å²) in [5.41, 5.74) is 2.13. The van der Waals surface area contributed by atoms with Crippen molar-refractivity contribution in [2.75, 3.05) is 32.8 Å². The Morgan fingerprint density at radius 1 is 0.939 bits per heavy atom. The van der Waals surface area contributed by atoms with Crippen molar-refractivity contribution in [3.63, 3.8) is 0 Å². The number of aryl methyl sites for hydroxylation is 1. The van der Waals surface area contributed by atoms with E-state index in [4.69, 9.17) is 4.74 Å². The topological polar surface area (TPSA) is 84.0 Å². The summed E-state index contributed by atoms with van der Waals surface area (Å²) in [4.78, 5) is 25.5. The number of benzene rings is 2. The van der Waals surface area contributed by atoms with Gasteiger partial charge in [0.1, 0.15) is 11.5 Å². The van der Waals surface area contributed by atoms with Crippen LogP contribution in [-0.2, 0) is 26.0 Å². The van der Waals surface area contributed by atoms with Crippen LogP contribution in [0.2, 0.25) is 0 Å². The molecular formula is C25H32N2O5S. The van der Waals surface area contributed by atoms with E-state index in [9.17, 15) is 18.0 Å². The predicted octanol–water partition coefficient (Wildman–Crippen LogP) is 3.24. The minimum atomic E-state index is -3.58. The number of nitrogens with zero attached hydrogens (tertiary/aromatic N) is 2. The van der Waals surface area contributed by atoms with Gasteiger partial charge in [-0.2, -0.15) is 4.31 Å². The van der Waals surface area contributed by atoms with Crippen molar-refractivity contribution in [3.05, 3.63) is 59.7 Å². The first-order valence-corrected chi connectivity index (χ1v) is 12.7. The summed E-state index contributed by atoms with van der Waals surface area (Å²) in [6.07, 6.45) is 1.19. The molecule has 3 rings (SSSR count). The van der Waals surface area contributed by atoms with Crippen molar-refractivity contribution in [3.8, 4) is 5.75 Å². The van der Waals surface area contributed by atoms with Gasteiger partial charge >= 0.3 is 0 Å². The van der Waals surface area contributed by atoms with Gasteiger partial charge in [-0.1, -0.05) is 38.1 Å². The molecule has 0 aromatic heterocycles. The van der Waals surface area contributed by atoms with Crippen LogP contribution in [0.1, 0.15) is 44.2 Å². The normalized spacial score (nSPS) is 15.0. The number of Topliss-reactive ketones (excluding diaryl/α,β-unsaturated/α-hetero) is 1. The average molecular weight is 473 g/mol. The van der Waals surface area contributed by atoms with Gasteiger partial charge in [0.25, 0.3) is 5.91 Å². The lowest BCUT2D eigenvalue weighted by Gasteiger charge is -2.34. The highest BCUT2D eigenvalue weighted by atomic mass is 32.2. The third kappa shape index (κ3) is 6.65. The molecule has 0 bridgehead atoms. The molecule has 1 aliphatic heterocycles. The Morgan fingerprint density at radius 2 is 1.55 bits per heavy atom. The molecule has 0 aliphatic carbocycles. The van der Waals surface area contributed by atoms with Crippen molar-refractivity contribution in [2.24, 2.45) is 0 Å². The highest BCUT2D eigenvalue weighted by Crippen LogP contribution is 2.21. The van der Waals surface area contributed by atoms with Gasteiger partial charge in [-0.25, -0.2) is 8.42 Å². The van der Waals surface area contributed by atoms with Crippen LogP contribution >= 0.6 is 0 Å². The first-order valence-electron chi connectivity index (χ1n) is 11.3. The highest BCUT2D eigenvalue weighted by molar-refractivity contribution is 7.89. The quantitative estimate of drug-likeness (QED) is 0.559. The van der Waals surface area contributed by atoms with Gasteiger partial charge < -0.3 is 14.4 Å². The van der Waals surface area contributed by atoms with Gasteiger partial charge in [0.15, 0.2) is 6.61 Å². The molecule has 0 radical (unpaired) electrons. The first kappa shape index (κ1) is 24.9. The number of rotatable bonds is 9. The maximum absolute atomic E-state index is 12.9. The molecule has 1 aliphatic rings. The maximum atomic E-state index is 12.9. The number of amides is 1. The van der Waals surface area contributed by atoms with E-state index in [0.29, 0.717) is 37.6 Å². The van der Waals surface area contributed by atoms with Crippen LogP contribution in [0, 0.1) is 0 Å². The Labute approximate surface area is 196 Å². The SMILES string of the molecule is CC(=O)CCc1ccc(OCC(=O)N2CCN(S(=O)(=O)c3ccc(C(C)C)cc3)CC2)cc1. The standard InChI is InChI=1S/C25H32N2O5S/c1-19(2)22-8-12-24(13-9-22)33(30,31)27-16-14-26(15-17-27)25(29)18-32-23-10-6-21(7-11-23)5-4-20(3)28/h6-13,19H,4-5,14-18H2,1-3H3. The first-order chi connectivity index (χ1) is 15.7. The van der Waals surface area contributed by atoms with Crippen LogP contribution in [-0.4, -0.2) is 62.1 Å². The molecule has 0 unspecified atom stereocenters. The second kappa shape index (κ2) is 10.9. The molecule has 7 nitrogen and oxygen atoms in total. The summed E-state index contributed by atoms with van der Waals surface area (Å²) in [5.74, 6) is 0.899. The zero-order valence-electron chi connectivity index (χ0n) is 19.5. The molecule has 1 heterocycles. The largest absolute Gasteiger partial charge is 0.484 e. The van der Waals surface area contributed by atoms with Gasteiger partial charge in [-0.05, 0) is 54.7 Å². The fourth-order valence-corrected chi connectivity index (χ4v) is 5.08. The number of hydrogen-bond donors (Lipinski definition) is 0. The van der Waals surface area contributed by atoms with Crippen LogP contribution in [0.3, 0.4) is 0 Å². The molecule has 8 heteroatoms. The molecule has 2 aromatic rings. The Bertz CT molecular complexity index is 1050. The molecule has 1 saturated heterocycles. The van der Waals surface area contributed by atoms with E-state index in [1.165, 1.54) is 4.31 Å². The van der Waals surface area contributed by atoms with Crippen LogP contribution in [0.5, 0.6) is 5.75 Å². The number of carbonyl (C=O) groups is 2. The Hall–Kier alpha value is -2.71. The summed E-state index contributed by atoms with van der Waals surface area (Å²) >= 11 is 0. The van der Waals surface area contributed by atoms with Crippen molar-refractivity contribution in [1.82, 2.24) is 9.21 Å².